The van der Waals surface area contributed by atoms with Gasteiger partial charge in [0.25, 0.3) is 0 Å². The first-order valence-corrected chi connectivity index (χ1v) is 11.1. The van der Waals surface area contributed by atoms with Crippen LogP contribution in [-0.4, -0.2) is 93.7 Å². The van der Waals surface area contributed by atoms with Gasteiger partial charge >= 0.3 is 6.18 Å². The van der Waals surface area contributed by atoms with Crippen LogP contribution in [0.3, 0.4) is 0 Å². The van der Waals surface area contributed by atoms with E-state index in [9.17, 15) is 18.4 Å². The van der Waals surface area contributed by atoms with Crippen LogP contribution < -0.4 is 15.5 Å². The molecule has 2 N–H and O–H groups in total. The molecule has 0 aromatic carbocycles. The van der Waals surface area contributed by atoms with Gasteiger partial charge in [-0.2, -0.15) is 13.2 Å². The number of likely N-dealkylation sites (N-methyl/N-ethyl adjacent to an activating group) is 1. The quantitative estimate of drug-likeness (QED) is 0.422. The van der Waals surface area contributed by atoms with Crippen molar-refractivity contribution in [2.45, 2.75) is 19.6 Å². The van der Waals surface area contributed by atoms with Crippen molar-refractivity contribution < 1.29 is 17.9 Å². The molecular formula is C20H26F3N10O2-. The van der Waals surface area contributed by atoms with Crippen LogP contribution in [0.4, 0.5) is 30.9 Å². The van der Waals surface area contributed by atoms with Crippen LogP contribution in [0.2, 0.25) is 0 Å². The normalized spacial score (nSPS) is 14.7. The standard InChI is InChI=1S/C20H26F3N10O2/c1-3-32(34)5-4-25-19-28-14-16(31-6-8-35-9-7-31)29-15(13-10-26-18(24-2)27-11-13)30-17(14)33(19)12-20(21,22)23/h10-11H,3-9,12H2,1-2H3,(H,25,28)(H,24,26,27)/q-1. The second-order valence-electron chi connectivity index (χ2n) is 7.77. The fourth-order valence-corrected chi connectivity index (χ4v) is 3.60. The van der Waals surface area contributed by atoms with E-state index in [-0.39, 0.29) is 42.6 Å². The first-order chi connectivity index (χ1) is 16.8. The van der Waals surface area contributed by atoms with Gasteiger partial charge in [-0.05, 0) is 6.54 Å². The molecule has 1 aliphatic heterocycles. The van der Waals surface area contributed by atoms with E-state index < -0.39 is 12.7 Å². The van der Waals surface area contributed by atoms with Gasteiger partial charge < -0.3 is 30.5 Å². The van der Waals surface area contributed by atoms with E-state index in [1.54, 1.807) is 14.0 Å². The minimum Gasteiger partial charge on any atom is -0.785 e. The summed E-state index contributed by atoms with van der Waals surface area (Å²) in [6, 6.07) is 0. The lowest BCUT2D eigenvalue weighted by molar-refractivity contribution is -0.139. The number of nitrogens with one attached hydrogen (secondary N) is 2. The van der Waals surface area contributed by atoms with Crippen molar-refractivity contribution in [3.8, 4) is 11.4 Å². The fraction of sp³-hybridized carbons (Fsp3) is 0.550. The topological polar surface area (TPSA) is 132 Å². The average molecular weight is 495 g/mol. The van der Waals surface area contributed by atoms with E-state index in [0.29, 0.717) is 43.6 Å². The molecule has 0 spiro atoms. The SMILES string of the molecule is CCN([O-])CCNc1nc2c(N3CCOCC3)nc(-c3cnc(NC)nc3)nc2n1CC(F)(F)F. The Balaban J connectivity index is 1.84. The first kappa shape index (κ1) is 24.8. The highest BCUT2D eigenvalue weighted by Crippen LogP contribution is 2.32. The van der Waals surface area contributed by atoms with E-state index in [4.69, 9.17) is 4.74 Å². The highest BCUT2D eigenvalue weighted by atomic mass is 19.4. The molecule has 3 aromatic rings. The molecule has 4 rings (SSSR count). The lowest BCUT2D eigenvalue weighted by Crippen LogP contribution is -2.37. The van der Waals surface area contributed by atoms with Gasteiger partial charge in [0.15, 0.2) is 22.8 Å². The second kappa shape index (κ2) is 10.5. The van der Waals surface area contributed by atoms with Gasteiger partial charge in [-0.1, -0.05) is 6.92 Å². The number of anilines is 3. The lowest BCUT2D eigenvalue weighted by atomic mass is 10.3. The van der Waals surface area contributed by atoms with Crippen LogP contribution in [0.25, 0.3) is 22.6 Å². The zero-order valence-corrected chi connectivity index (χ0v) is 19.3. The van der Waals surface area contributed by atoms with Crippen LogP contribution in [0, 0.1) is 5.21 Å². The number of nitrogens with zero attached hydrogens (tertiary/aromatic N) is 8. The number of alkyl halides is 3. The van der Waals surface area contributed by atoms with E-state index in [0.717, 1.165) is 9.63 Å². The maximum atomic E-state index is 13.6. The molecule has 0 aliphatic carbocycles. The maximum absolute atomic E-state index is 13.6. The molecule has 3 aromatic heterocycles. The smallest absolute Gasteiger partial charge is 0.406 e. The Morgan fingerprint density at radius 3 is 2.49 bits per heavy atom. The summed E-state index contributed by atoms with van der Waals surface area (Å²) in [5.41, 5.74) is 0.688. The highest BCUT2D eigenvalue weighted by Gasteiger charge is 2.32. The van der Waals surface area contributed by atoms with Crippen molar-refractivity contribution in [3.05, 3.63) is 17.6 Å². The molecule has 0 atom stereocenters. The molecule has 0 bridgehead atoms. The molecular weight excluding hydrogens is 469 g/mol. The van der Waals surface area contributed by atoms with Crippen LogP contribution in [-0.2, 0) is 11.3 Å². The van der Waals surface area contributed by atoms with Crippen molar-refractivity contribution in [2.24, 2.45) is 0 Å². The zero-order valence-electron chi connectivity index (χ0n) is 19.3. The number of rotatable bonds is 9. The van der Waals surface area contributed by atoms with Crippen molar-refractivity contribution >= 4 is 28.9 Å². The molecule has 190 valence electrons. The molecule has 1 fully saturated rings. The number of imidazole rings is 1. The molecule has 0 unspecified atom stereocenters. The summed E-state index contributed by atoms with van der Waals surface area (Å²) in [5.74, 6) is 0.920. The predicted molar refractivity (Wildman–Crippen MR) is 124 cm³/mol. The number of hydrogen-bond acceptors (Lipinski definition) is 11. The molecule has 0 amide bonds. The van der Waals surface area contributed by atoms with Gasteiger partial charge in [-0.3, -0.25) is 4.57 Å². The van der Waals surface area contributed by atoms with E-state index in [1.165, 1.54) is 12.4 Å². The second-order valence-corrected chi connectivity index (χ2v) is 7.77. The van der Waals surface area contributed by atoms with Crippen LogP contribution in [0.15, 0.2) is 12.4 Å². The Morgan fingerprint density at radius 2 is 1.86 bits per heavy atom. The Kier molecular flexibility index (Phi) is 7.47. The number of hydrogen-bond donors (Lipinski definition) is 2. The summed E-state index contributed by atoms with van der Waals surface area (Å²) in [6.07, 6.45) is -1.53. The molecule has 4 heterocycles. The van der Waals surface area contributed by atoms with Gasteiger partial charge in [0, 0.05) is 45.6 Å². The average Bonchev–Trinajstić information content (AvgIpc) is 3.19. The Hall–Kier alpha value is -3.30. The molecule has 0 saturated carbocycles. The molecule has 1 aliphatic rings. The molecule has 12 nitrogen and oxygen atoms in total. The van der Waals surface area contributed by atoms with Gasteiger partial charge in [-0.15, -0.1) is 0 Å². The minimum atomic E-state index is -4.53. The number of morpholine rings is 1. The van der Waals surface area contributed by atoms with E-state index >= 15 is 0 Å². The monoisotopic (exact) mass is 495 g/mol. The molecule has 15 heteroatoms. The van der Waals surface area contributed by atoms with Gasteiger partial charge in [0.1, 0.15) is 6.54 Å². The first-order valence-electron chi connectivity index (χ1n) is 11.1. The van der Waals surface area contributed by atoms with Crippen LogP contribution >= 0.6 is 0 Å². The Morgan fingerprint density at radius 1 is 1.14 bits per heavy atom. The minimum absolute atomic E-state index is 0.0171. The Labute approximate surface area is 199 Å². The fourth-order valence-electron chi connectivity index (χ4n) is 3.60. The lowest BCUT2D eigenvalue weighted by Gasteiger charge is -2.28. The van der Waals surface area contributed by atoms with Crippen molar-refractivity contribution in [2.75, 3.05) is 68.5 Å². The third-order valence-corrected chi connectivity index (χ3v) is 5.35. The van der Waals surface area contributed by atoms with Gasteiger partial charge in [-0.25, -0.2) is 24.9 Å². The molecule has 1 saturated heterocycles. The largest absolute Gasteiger partial charge is 0.785 e. The summed E-state index contributed by atoms with van der Waals surface area (Å²) in [7, 11) is 1.67. The number of aromatic nitrogens is 6. The molecule has 35 heavy (non-hydrogen) atoms. The summed E-state index contributed by atoms with van der Waals surface area (Å²) < 4.78 is 47.1. The third kappa shape index (κ3) is 5.86. The number of ether oxygens (including phenoxy) is 1. The summed E-state index contributed by atoms with van der Waals surface area (Å²) in [5, 5.41) is 18.1. The van der Waals surface area contributed by atoms with E-state index in [2.05, 4.69) is 35.6 Å². The van der Waals surface area contributed by atoms with Crippen molar-refractivity contribution in [1.29, 1.82) is 0 Å². The zero-order chi connectivity index (χ0) is 25.0. The van der Waals surface area contributed by atoms with Crippen molar-refractivity contribution in [1.82, 2.24) is 34.6 Å². The number of hydroxylamine groups is 2. The number of halogens is 3. The summed E-state index contributed by atoms with van der Waals surface area (Å²) >= 11 is 0. The Bertz CT molecular complexity index is 1130. The van der Waals surface area contributed by atoms with E-state index in [1.807, 2.05) is 4.90 Å². The van der Waals surface area contributed by atoms with Crippen LogP contribution in [0.5, 0.6) is 0 Å². The summed E-state index contributed by atoms with van der Waals surface area (Å²) in [4.78, 5) is 23.8. The molecule has 0 radical (unpaired) electrons. The van der Waals surface area contributed by atoms with Gasteiger partial charge in [0.05, 0.1) is 18.8 Å². The van der Waals surface area contributed by atoms with Gasteiger partial charge in [0.2, 0.25) is 11.9 Å². The predicted octanol–water partition coefficient (Wildman–Crippen LogP) is 1.96. The van der Waals surface area contributed by atoms with Crippen molar-refractivity contribution in [3.63, 3.8) is 0 Å². The third-order valence-electron chi connectivity index (χ3n) is 5.35. The number of fused-ring (bicyclic) bond motifs is 1. The van der Waals surface area contributed by atoms with Crippen LogP contribution in [0.1, 0.15) is 6.92 Å². The maximum Gasteiger partial charge on any atom is 0.406 e. The highest BCUT2D eigenvalue weighted by molar-refractivity contribution is 5.88. The summed E-state index contributed by atoms with van der Waals surface area (Å²) in [6.45, 7) is 2.76.